The van der Waals surface area contributed by atoms with Gasteiger partial charge < -0.3 is 19.2 Å². The van der Waals surface area contributed by atoms with Gasteiger partial charge in [0.1, 0.15) is 25.3 Å². The quantitative estimate of drug-likeness (QED) is 0.0535. The highest BCUT2D eigenvalue weighted by molar-refractivity contribution is 4.70. The van der Waals surface area contributed by atoms with Gasteiger partial charge >= 0.3 is 0 Å². The van der Waals surface area contributed by atoms with Gasteiger partial charge in [-0.15, -0.1) is 0 Å². The van der Waals surface area contributed by atoms with Gasteiger partial charge in [0.25, 0.3) is 0 Å². The van der Waals surface area contributed by atoms with E-state index < -0.39 is 0 Å². The molecule has 0 aliphatic rings. The fourth-order valence-corrected chi connectivity index (χ4v) is 7.11. The maximum absolute atomic E-state index is 11.2. The van der Waals surface area contributed by atoms with Gasteiger partial charge in [0, 0.05) is 13.1 Å². The molecule has 0 radical (unpaired) electrons. The van der Waals surface area contributed by atoms with E-state index in [1.165, 1.54) is 148 Å². The molecule has 0 bridgehead atoms. The van der Waals surface area contributed by atoms with Crippen LogP contribution in [-0.2, 0) is 0 Å². The average molecular weight is 642 g/mol. The molecule has 0 aliphatic carbocycles. The monoisotopic (exact) mass is 642 g/mol. The third-order valence-corrected chi connectivity index (χ3v) is 9.91. The molecule has 272 valence electrons. The molecule has 0 aromatic carbocycles. The molecule has 0 rings (SSSR count). The largest absolute Gasteiger partial charge is 0.386 e. The number of hydrogen-bond acceptors (Lipinski definition) is 3. The molecule has 2 atom stereocenters. The van der Waals surface area contributed by atoms with E-state index in [9.17, 15) is 10.2 Å². The summed E-state index contributed by atoms with van der Waals surface area (Å²) >= 11 is 0. The predicted molar refractivity (Wildman–Crippen MR) is 200 cm³/mol. The fourth-order valence-electron chi connectivity index (χ4n) is 7.11. The molecule has 0 heterocycles. The van der Waals surface area contributed by atoms with Gasteiger partial charge in [-0.25, -0.2) is 0 Å². The van der Waals surface area contributed by atoms with Crippen molar-refractivity contribution >= 4 is 0 Å². The van der Waals surface area contributed by atoms with Crippen molar-refractivity contribution in [3.05, 3.63) is 0 Å². The Morgan fingerprint density at radius 3 is 0.978 bits per heavy atom. The maximum Gasteiger partial charge on any atom is 0.115 e. The lowest BCUT2D eigenvalue weighted by Gasteiger charge is -2.36. The predicted octanol–water partition coefficient (Wildman–Crippen LogP) is 9.59. The van der Waals surface area contributed by atoms with E-state index in [-0.39, 0.29) is 12.2 Å². The second-order valence-electron chi connectivity index (χ2n) is 16.2. The topological polar surface area (TPSA) is 43.7 Å². The lowest BCUT2D eigenvalue weighted by atomic mass is 10.1. The molecule has 0 saturated heterocycles. The minimum atomic E-state index is -0.351. The molecule has 0 aliphatic heterocycles. The zero-order valence-electron chi connectivity index (χ0n) is 32.3. The number of hydrogen-bond donors (Lipinski definition) is 2. The SMILES string of the molecule is CCCCCCCCCCCC[N+](C)(C)CC(O)CN(CCCCCC)CC(O)C[N+](C)(C)CCCCCCCCCCCC. The summed E-state index contributed by atoms with van der Waals surface area (Å²) in [5, 5.41) is 22.4. The van der Waals surface area contributed by atoms with Crippen LogP contribution in [0, 0.1) is 0 Å². The van der Waals surface area contributed by atoms with E-state index >= 15 is 0 Å². The third kappa shape index (κ3) is 30.9. The van der Waals surface area contributed by atoms with Crippen LogP contribution in [0.25, 0.3) is 0 Å². The van der Waals surface area contributed by atoms with E-state index in [0.29, 0.717) is 13.1 Å². The van der Waals surface area contributed by atoms with Crippen molar-refractivity contribution in [2.24, 2.45) is 0 Å². The maximum atomic E-state index is 11.2. The molecule has 0 fully saturated rings. The van der Waals surface area contributed by atoms with E-state index in [1.807, 2.05) is 0 Å². The molecule has 0 saturated carbocycles. The van der Waals surface area contributed by atoms with E-state index in [2.05, 4.69) is 53.9 Å². The molecule has 5 nitrogen and oxygen atoms in total. The number of aliphatic hydroxyl groups is 2. The standard InChI is InChI=1S/C40H87N3O2/c1-8-11-14-17-19-21-23-25-27-30-33-42(4,5)37-39(44)35-41(32-29-16-13-10-3)36-40(45)38-43(6,7)34-31-28-26-24-22-20-18-15-12-9-2/h39-40,44-45H,8-38H2,1-7H3/q+2. The fraction of sp³-hybridized carbons (Fsp3) is 1.00. The number of rotatable bonds is 35. The first-order valence-electron chi connectivity index (χ1n) is 20.3. The molecule has 0 aromatic heterocycles. The van der Waals surface area contributed by atoms with Crippen molar-refractivity contribution in [2.75, 3.05) is 74.0 Å². The van der Waals surface area contributed by atoms with Crippen LogP contribution in [0.2, 0.25) is 0 Å². The minimum Gasteiger partial charge on any atom is -0.386 e. The van der Waals surface area contributed by atoms with E-state index in [4.69, 9.17) is 0 Å². The van der Waals surface area contributed by atoms with Gasteiger partial charge in [-0.05, 0) is 38.6 Å². The van der Waals surface area contributed by atoms with Crippen molar-refractivity contribution in [1.82, 2.24) is 4.90 Å². The molecular formula is C40H87N3O2+2. The minimum absolute atomic E-state index is 0.351. The van der Waals surface area contributed by atoms with Gasteiger partial charge in [0.2, 0.25) is 0 Å². The van der Waals surface area contributed by atoms with Crippen LogP contribution in [0.5, 0.6) is 0 Å². The number of quaternary nitrogens is 2. The van der Waals surface area contributed by atoms with Crippen LogP contribution in [0.3, 0.4) is 0 Å². The molecule has 45 heavy (non-hydrogen) atoms. The van der Waals surface area contributed by atoms with Crippen molar-refractivity contribution in [1.29, 1.82) is 0 Å². The van der Waals surface area contributed by atoms with Gasteiger partial charge in [-0.2, -0.15) is 0 Å². The molecule has 0 spiro atoms. The van der Waals surface area contributed by atoms with Gasteiger partial charge in [-0.3, -0.25) is 4.90 Å². The van der Waals surface area contributed by atoms with Crippen molar-refractivity contribution in [3.63, 3.8) is 0 Å². The summed E-state index contributed by atoms with van der Waals surface area (Å²) in [5.74, 6) is 0. The van der Waals surface area contributed by atoms with Crippen molar-refractivity contribution in [3.8, 4) is 0 Å². The average Bonchev–Trinajstić information content (AvgIpc) is 2.96. The number of likely N-dealkylation sites (N-methyl/N-ethyl adjacent to an activating group) is 2. The van der Waals surface area contributed by atoms with Crippen LogP contribution in [0.1, 0.15) is 175 Å². The summed E-state index contributed by atoms with van der Waals surface area (Å²) in [7, 11) is 9.13. The Morgan fingerprint density at radius 2 is 0.667 bits per heavy atom. The molecular weight excluding hydrogens is 554 g/mol. The molecule has 2 unspecified atom stereocenters. The summed E-state index contributed by atoms with van der Waals surface area (Å²) in [6, 6.07) is 0. The van der Waals surface area contributed by atoms with E-state index in [0.717, 1.165) is 48.1 Å². The second kappa shape index (κ2) is 29.9. The summed E-state index contributed by atoms with van der Waals surface area (Å²) in [5.41, 5.74) is 0. The van der Waals surface area contributed by atoms with Crippen LogP contribution in [0.4, 0.5) is 0 Å². The zero-order chi connectivity index (χ0) is 33.7. The smallest absolute Gasteiger partial charge is 0.115 e. The Balaban J connectivity index is 4.46. The Morgan fingerprint density at radius 1 is 0.400 bits per heavy atom. The highest BCUT2D eigenvalue weighted by Gasteiger charge is 2.26. The number of aliphatic hydroxyl groups excluding tert-OH is 2. The van der Waals surface area contributed by atoms with E-state index in [1.54, 1.807) is 0 Å². The Labute approximate surface area is 284 Å². The highest BCUT2D eigenvalue weighted by atomic mass is 16.3. The van der Waals surface area contributed by atoms with Crippen molar-refractivity contribution < 1.29 is 19.2 Å². The summed E-state index contributed by atoms with van der Waals surface area (Å²) in [6.45, 7) is 13.0. The zero-order valence-corrected chi connectivity index (χ0v) is 32.3. The van der Waals surface area contributed by atoms with Gasteiger partial charge in [0.15, 0.2) is 0 Å². The van der Waals surface area contributed by atoms with Crippen LogP contribution >= 0.6 is 0 Å². The van der Waals surface area contributed by atoms with Gasteiger partial charge in [0.05, 0.1) is 41.3 Å². The first-order valence-corrected chi connectivity index (χ1v) is 20.3. The van der Waals surface area contributed by atoms with Crippen molar-refractivity contribution in [2.45, 2.75) is 187 Å². The van der Waals surface area contributed by atoms with Crippen LogP contribution in [0.15, 0.2) is 0 Å². The first kappa shape index (κ1) is 44.8. The van der Waals surface area contributed by atoms with Crippen LogP contribution < -0.4 is 0 Å². The normalized spacial score (nSPS) is 14.0. The molecule has 5 heteroatoms. The lowest BCUT2D eigenvalue weighted by Crippen LogP contribution is -2.52. The Bertz CT molecular complexity index is 566. The Kier molecular flexibility index (Phi) is 29.8. The first-order chi connectivity index (χ1) is 21.5. The molecule has 0 amide bonds. The van der Waals surface area contributed by atoms with Crippen LogP contribution in [-0.4, -0.2) is 110 Å². The summed E-state index contributed by atoms with van der Waals surface area (Å²) < 4.78 is 1.76. The number of nitrogens with zero attached hydrogens (tertiary/aromatic N) is 3. The summed E-state index contributed by atoms with van der Waals surface area (Å²) in [4.78, 5) is 2.37. The molecule has 2 N–H and O–H groups in total. The Hall–Kier alpha value is -0.200. The second-order valence-corrected chi connectivity index (χ2v) is 16.2. The summed E-state index contributed by atoms with van der Waals surface area (Å²) in [6.07, 6.45) is 31.5. The number of unbranched alkanes of at least 4 members (excludes halogenated alkanes) is 21. The molecule has 0 aromatic rings. The third-order valence-electron chi connectivity index (χ3n) is 9.91. The van der Waals surface area contributed by atoms with Gasteiger partial charge in [-0.1, -0.05) is 143 Å². The lowest BCUT2D eigenvalue weighted by molar-refractivity contribution is -0.893. The highest BCUT2D eigenvalue weighted by Crippen LogP contribution is 2.15.